The molecule has 4 aliphatic rings. The van der Waals surface area contributed by atoms with Crippen molar-refractivity contribution in [3.63, 3.8) is 0 Å². The second kappa shape index (κ2) is 44.3. The second-order valence-electron chi connectivity index (χ2n) is 28.9. The number of nitrogens with two attached hydrogens (primary N) is 1. The number of thiophene rings is 1. The number of aliphatic carboxylic acids is 1. The first-order valence-corrected chi connectivity index (χ1v) is 40.8. The molecule has 4 aliphatic heterocycles. The summed E-state index contributed by atoms with van der Waals surface area (Å²) in [5, 5.41) is 52.1. The van der Waals surface area contributed by atoms with Crippen molar-refractivity contribution in [2.45, 2.75) is 94.7 Å². The summed E-state index contributed by atoms with van der Waals surface area (Å²) >= 11 is 14.2. The van der Waals surface area contributed by atoms with Gasteiger partial charge in [-0.3, -0.25) is 38.5 Å². The molecule has 0 radical (unpaired) electrons. The fourth-order valence-electron chi connectivity index (χ4n) is 13.9. The molecular weight excluding hydrogens is 1610 g/mol. The number of halogens is 2. The normalized spacial score (nSPS) is 18.6. The summed E-state index contributed by atoms with van der Waals surface area (Å²) in [4.78, 5) is 152. The van der Waals surface area contributed by atoms with Crippen molar-refractivity contribution < 1.29 is 121 Å². The van der Waals surface area contributed by atoms with Gasteiger partial charge < -0.3 is 109 Å². The number of ketones is 1. The Morgan fingerprint density at radius 2 is 1.13 bits per heavy atom. The van der Waals surface area contributed by atoms with Crippen LogP contribution in [-0.2, 0) is 73.3 Å². The Morgan fingerprint density at radius 3 is 1.64 bits per heavy atom. The third kappa shape index (κ3) is 24.2. The maximum absolute atomic E-state index is 14.9. The molecule has 37 heteroatoms. The number of carboxylic acids is 1. The van der Waals surface area contributed by atoms with Crippen molar-refractivity contribution in [1.82, 2.24) is 25.3 Å². The number of aliphatic hydroxyl groups excluding tert-OH is 3. The first-order valence-electron chi connectivity index (χ1n) is 38.9. The number of Topliss-reactive ketones (excluding diaryl/α,β-unsaturated/α-hetero) is 1. The first kappa shape index (κ1) is 91.3. The largest absolute Gasteiger partial charge is 0.479 e. The van der Waals surface area contributed by atoms with Crippen LogP contribution in [0.25, 0.3) is 21.5 Å². The number of ether oxygens (including phenoxy) is 10. The lowest BCUT2D eigenvalue weighted by atomic mass is 9.89. The number of carboxylic acid groups (broad SMARTS) is 1. The zero-order valence-corrected chi connectivity index (χ0v) is 68.5. The molecule has 0 spiro atoms. The van der Waals surface area contributed by atoms with Crippen LogP contribution >= 0.6 is 34.5 Å². The van der Waals surface area contributed by atoms with Crippen LogP contribution in [0.1, 0.15) is 87.4 Å². The summed E-state index contributed by atoms with van der Waals surface area (Å²) in [6.45, 7) is 7.45. The molecule has 119 heavy (non-hydrogen) atoms. The van der Waals surface area contributed by atoms with E-state index in [0.29, 0.717) is 109 Å². The number of hydrogen-bond donors (Lipinski definition) is 8. The van der Waals surface area contributed by atoms with E-state index < -0.39 is 90.5 Å². The number of fused-ring (bicyclic) bond motifs is 6. The van der Waals surface area contributed by atoms with Crippen molar-refractivity contribution in [1.29, 1.82) is 0 Å². The van der Waals surface area contributed by atoms with Crippen molar-refractivity contribution in [2.75, 3.05) is 160 Å². The highest BCUT2D eigenvalue weighted by atomic mass is 35.5. The monoisotopic (exact) mass is 1710 g/mol. The van der Waals surface area contributed by atoms with Gasteiger partial charge in [-0.15, -0.1) is 34.5 Å². The van der Waals surface area contributed by atoms with E-state index in [2.05, 4.69) is 16.0 Å². The number of carbonyl (C=O) groups excluding carboxylic acids is 10. The minimum atomic E-state index is -1.96. The Bertz CT molecular complexity index is 4600. The molecule has 5 aromatic carbocycles. The van der Waals surface area contributed by atoms with E-state index in [1.807, 2.05) is 12.1 Å². The number of urea groups is 1. The second-order valence-corrected chi connectivity index (χ2v) is 30.6. The van der Waals surface area contributed by atoms with Crippen LogP contribution in [-0.4, -0.2) is 282 Å². The summed E-state index contributed by atoms with van der Waals surface area (Å²) in [6, 6.07) is 25.3. The average molecular weight is 1710 g/mol. The quantitative estimate of drug-likeness (QED) is 0.0115. The van der Waals surface area contributed by atoms with Gasteiger partial charge in [-0.05, 0) is 70.5 Å². The minimum absolute atomic E-state index is 0.00272. The highest BCUT2D eigenvalue weighted by Gasteiger charge is 2.49. The number of benzene rings is 5. The van der Waals surface area contributed by atoms with E-state index in [0.717, 1.165) is 21.8 Å². The Hall–Kier alpha value is -9.99. The third-order valence-electron chi connectivity index (χ3n) is 20.2. The molecule has 0 bridgehead atoms. The smallest absolute Gasteiger partial charge is 0.415 e. The first-order chi connectivity index (χ1) is 57.3. The molecule has 0 aliphatic carbocycles. The lowest BCUT2D eigenvalue weighted by molar-refractivity contribution is -0.270. The lowest BCUT2D eigenvalue weighted by Gasteiger charge is -2.38. The Kier molecular flexibility index (Phi) is 34.0. The van der Waals surface area contributed by atoms with Gasteiger partial charge >= 0.3 is 24.2 Å². The number of amides is 10. The van der Waals surface area contributed by atoms with E-state index in [1.165, 1.54) is 51.9 Å². The Labute approximate surface area is 699 Å². The van der Waals surface area contributed by atoms with Crippen LogP contribution in [0.4, 0.5) is 31.4 Å². The van der Waals surface area contributed by atoms with Crippen molar-refractivity contribution in [2.24, 2.45) is 17.6 Å². The molecular formula is C82H99Cl2N9O25S. The van der Waals surface area contributed by atoms with Crippen molar-refractivity contribution >= 4 is 139 Å². The molecule has 642 valence electrons. The van der Waals surface area contributed by atoms with Gasteiger partial charge in [-0.25, -0.2) is 19.2 Å². The number of nitrogens with zero attached hydrogens (tertiary/aromatic N) is 5. The van der Waals surface area contributed by atoms with E-state index >= 15 is 0 Å². The molecule has 10 amide bonds. The van der Waals surface area contributed by atoms with Gasteiger partial charge in [0.15, 0.2) is 11.9 Å². The molecule has 1 fully saturated rings. The number of anilines is 3. The molecule has 0 saturated carbocycles. The maximum atomic E-state index is 14.9. The number of aliphatic hydroxyl groups is 3. The molecule has 9 N–H and O–H groups in total. The van der Waals surface area contributed by atoms with Gasteiger partial charge in [0.05, 0.1) is 113 Å². The highest BCUT2D eigenvalue weighted by Crippen LogP contribution is 2.49. The summed E-state index contributed by atoms with van der Waals surface area (Å²) < 4.78 is 56.3. The van der Waals surface area contributed by atoms with Gasteiger partial charge in [-0.2, -0.15) is 0 Å². The summed E-state index contributed by atoms with van der Waals surface area (Å²) in [5.74, 6) is -6.02. The number of imide groups is 1. The minimum Gasteiger partial charge on any atom is -0.479 e. The van der Waals surface area contributed by atoms with Gasteiger partial charge in [0.2, 0.25) is 18.1 Å². The zero-order valence-electron chi connectivity index (χ0n) is 66.2. The summed E-state index contributed by atoms with van der Waals surface area (Å²) in [6.07, 6.45) is -8.27. The lowest BCUT2D eigenvalue weighted by Crippen LogP contribution is -2.61. The number of rotatable bonds is 45. The highest BCUT2D eigenvalue weighted by molar-refractivity contribution is 7.16. The molecule has 10 rings (SSSR count). The Balaban J connectivity index is 0.655. The number of likely N-dealkylation sites (N-methyl/N-ethyl adjacent to an activating group) is 2. The number of alkyl halides is 2. The predicted molar refractivity (Wildman–Crippen MR) is 436 cm³/mol. The standard InChI is InChI=1S/C82H99Cl2N9O25S/c1-48(2)70(88-65(95)23-28-109-30-32-111-34-36-113-38-39-114-37-35-112-33-31-110-29-27-91-66(96)21-22-67(91)97)60(94)40-50(10-9-24-86-80(85)106)75(101)87-53-17-15-49(16-18-53)47-115-81(107)89(3)25-26-90(4)82(108)117-62-42-59-69(57-14-8-6-12-55(57)62)52(44-84)46-93(59)77(103)64-20-19-63(119-64)76(102)92-45-51(43-83)68-56-13-7-5-11-54(56)61(41-58(68)92)116-79-73(100)71(98)72(99)74(118-79)78(104)105/h5-8,11-22,41-42,48,50-52,70-74,79,98-100H,9-10,23-40,43-47H2,1-4H3,(H,87,101)(H,88,95)(H,104,105)(H3,85,86,106)/t50-,51-,52-,70+,71+,72+,73-,74+,79-/m1/s1. The van der Waals surface area contributed by atoms with Crippen LogP contribution in [0.3, 0.4) is 0 Å². The molecule has 9 atom stereocenters. The summed E-state index contributed by atoms with van der Waals surface area (Å²) in [5.41, 5.74) is 8.50. The average Bonchev–Trinajstić information content (AvgIpc) is 1.61. The number of hydrogen-bond acceptors (Lipinski definition) is 25. The van der Waals surface area contributed by atoms with Gasteiger partial charge in [-0.1, -0.05) is 74.5 Å². The number of nitrogens with one attached hydrogen (secondary N) is 3. The van der Waals surface area contributed by atoms with Crippen molar-refractivity contribution in [3.8, 4) is 11.5 Å². The Morgan fingerprint density at radius 1 is 0.630 bits per heavy atom. The molecule has 6 aromatic rings. The van der Waals surface area contributed by atoms with Crippen LogP contribution in [0, 0.1) is 11.8 Å². The van der Waals surface area contributed by atoms with E-state index in [4.69, 9.17) is 76.3 Å². The molecule has 0 unspecified atom stereocenters. The van der Waals surface area contributed by atoms with Crippen LogP contribution in [0.2, 0.25) is 0 Å². The molecule has 5 heterocycles. The molecule has 1 saturated heterocycles. The SMILES string of the molecule is CC(C)[C@H](NC(=O)CCOCCOCCOCCOCCOCCOCCN1C(=O)C=CC1=O)C(=O)C[C@@H](CCCNC(N)=O)C(=O)Nc1ccc(COC(=O)N(C)CCN(C)C(=O)Oc2cc3c(c4ccccc24)[C@H](CCl)CN3C(=O)c2ccc(C(=O)N3C[C@@H](CCl)c4c3cc(O[C@@H]3O[C@H](C(=O)O)[C@@H](O)[C@H](O)[C@H]3O)c3ccccc43)s2)cc1. The van der Waals surface area contributed by atoms with Crippen LogP contribution < -0.4 is 41.0 Å². The number of carbonyl (C=O) groups is 11. The maximum Gasteiger partial charge on any atom is 0.415 e. The number of primary amides is 1. The van der Waals surface area contributed by atoms with E-state index in [9.17, 15) is 73.2 Å². The third-order valence-corrected chi connectivity index (χ3v) is 22.1. The van der Waals surface area contributed by atoms with Crippen LogP contribution in [0.15, 0.2) is 109 Å². The summed E-state index contributed by atoms with van der Waals surface area (Å²) in [7, 11) is 2.99. The van der Waals surface area contributed by atoms with Gasteiger partial charge in [0, 0.05) is 130 Å². The topological polar surface area (TPSA) is 439 Å². The van der Waals surface area contributed by atoms with E-state index in [-0.39, 0.29) is 160 Å². The van der Waals surface area contributed by atoms with Gasteiger partial charge in [0.1, 0.15) is 36.4 Å². The fraction of sp³-hybridized carbons (Fsp3) is 0.476. The van der Waals surface area contributed by atoms with Gasteiger partial charge in [0.25, 0.3) is 23.6 Å². The fourth-order valence-corrected chi connectivity index (χ4v) is 15.3. The molecule has 1 aromatic heterocycles. The van der Waals surface area contributed by atoms with Crippen molar-refractivity contribution in [3.05, 3.63) is 136 Å². The molecule has 34 nitrogen and oxygen atoms in total. The predicted octanol–water partition coefficient (Wildman–Crippen LogP) is 6.51. The van der Waals surface area contributed by atoms with E-state index in [1.54, 1.807) is 92.7 Å². The van der Waals surface area contributed by atoms with Crippen LogP contribution in [0.5, 0.6) is 11.5 Å². The zero-order chi connectivity index (χ0) is 85.4.